The summed E-state index contributed by atoms with van der Waals surface area (Å²) in [6, 6.07) is 13.7. The van der Waals surface area contributed by atoms with Crippen molar-refractivity contribution in [3.05, 3.63) is 54.2 Å². The molecule has 0 saturated heterocycles. The Labute approximate surface area is 90.6 Å². The van der Waals surface area contributed by atoms with E-state index in [1.54, 1.807) is 12.1 Å². The van der Waals surface area contributed by atoms with Crippen LogP contribution in [-0.4, -0.2) is 16.7 Å². The van der Waals surface area contributed by atoms with Crippen molar-refractivity contribution < 1.29 is 1.37 Å². The molecule has 0 radical (unpaired) electrons. The number of hydrogen-bond donors (Lipinski definition) is 1. The summed E-state index contributed by atoms with van der Waals surface area (Å²) in [7, 11) is 0. The molecule has 76 valence electrons. The lowest BCUT2D eigenvalue weighted by Crippen LogP contribution is -2.06. The van der Waals surface area contributed by atoms with Crippen molar-refractivity contribution in [2.45, 2.75) is 6.42 Å². The molecule has 0 fully saturated rings. The summed E-state index contributed by atoms with van der Waals surface area (Å²) in [4.78, 5) is 0. The molecule has 1 aromatic carbocycles. The van der Waals surface area contributed by atoms with Gasteiger partial charge in [0.05, 0.1) is 1.37 Å². The van der Waals surface area contributed by atoms with E-state index in [9.17, 15) is 0 Å². The third-order valence-corrected chi connectivity index (χ3v) is 2.09. The average molecular weight is 200 g/mol. The maximum atomic E-state index is 7.20. The van der Waals surface area contributed by atoms with E-state index in [2.05, 4.69) is 27.6 Å². The highest BCUT2D eigenvalue weighted by Crippen LogP contribution is 2.01. The Kier molecular flexibility index (Phi) is 2.86. The van der Waals surface area contributed by atoms with Crippen LogP contribution in [0.1, 0.15) is 6.93 Å². The van der Waals surface area contributed by atoms with Crippen LogP contribution in [0.5, 0.6) is 0 Å². The van der Waals surface area contributed by atoms with Crippen molar-refractivity contribution in [2.24, 2.45) is 0 Å². The normalized spacial score (nSPS) is 10.8. The summed E-state index contributed by atoms with van der Waals surface area (Å²) >= 11 is 0. The van der Waals surface area contributed by atoms with Crippen LogP contribution in [0.4, 0.5) is 5.82 Å². The van der Waals surface area contributed by atoms with Gasteiger partial charge in [0.25, 0.3) is 0 Å². The van der Waals surface area contributed by atoms with Gasteiger partial charge in [-0.25, -0.2) is 0 Å². The first-order valence-corrected chi connectivity index (χ1v) is 4.93. The summed E-state index contributed by atoms with van der Waals surface area (Å²) in [6.07, 6.45) is 1.14. The predicted molar refractivity (Wildman–Crippen MR) is 60.7 cm³/mol. The lowest BCUT2D eigenvalue weighted by Gasteiger charge is -2.03. The summed E-state index contributed by atoms with van der Waals surface area (Å²) in [5.41, 5.74) is 1.29. The number of nitrogens with zero attached hydrogens (tertiary/aromatic N) is 2. The lowest BCUT2D eigenvalue weighted by atomic mass is 10.1. The molecule has 0 aliphatic carbocycles. The van der Waals surface area contributed by atoms with Crippen LogP contribution in [0, 0.1) is 0 Å². The summed E-state index contributed by atoms with van der Waals surface area (Å²) in [6.45, 7) is 0.816. The minimum absolute atomic E-state index is 0.189. The minimum atomic E-state index is 0.189. The summed E-state index contributed by atoms with van der Waals surface area (Å²) in [5.74, 6) is 0.715. The average Bonchev–Trinajstić information content (AvgIpc) is 2.33. The van der Waals surface area contributed by atoms with E-state index < -0.39 is 0 Å². The fourth-order valence-corrected chi connectivity index (χ4v) is 1.34. The maximum absolute atomic E-state index is 7.20. The van der Waals surface area contributed by atoms with Crippen molar-refractivity contribution in [1.82, 2.24) is 10.2 Å². The Morgan fingerprint density at radius 2 is 2.00 bits per heavy atom. The Hall–Kier alpha value is -1.90. The second kappa shape index (κ2) is 5.10. The van der Waals surface area contributed by atoms with Gasteiger partial charge in [-0.1, -0.05) is 30.3 Å². The molecule has 2 rings (SSSR count). The Morgan fingerprint density at radius 1 is 1.13 bits per heavy atom. The zero-order valence-electron chi connectivity index (χ0n) is 9.35. The Bertz CT molecular complexity index is 428. The van der Waals surface area contributed by atoms with Gasteiger partial charge in [0.1, 0.15) is 5.82 Å². The van der Waals surface area contributed by atoms with Gasteiger partial charge in [-0.3, -0.25) is 0 Å². The topological polar surface area (TPSA) is 37.8 Å². The van der Waals surface area contributed by atoms with E-state index in [0.29, 0.717) is 5.82 Å². The number of benzene rings is 1. The van der Waals surface area contributed by atoms with Gasteiger partial charge in [0.15, 0.2) is 0 Å². The van der Waals surface area contributed by atoms with Crippen molar-refractivity contribution in [3.63, 3.8) is 0 Å². The standard InChI is InChI=1S/C12H13N3/c1-2-5-11(6-3-1)8-10-13-12-7-4-9-14-15-12/h1-7,9H,8,10H2,(H,13,15)/i9D. The van der Waals surface area contributed by atoms with Gasteiger partial charge < -0.3 is 5.32 Å². The first kappa shape index (κ1) is 8.41. The van der Waals surface area contributed by atoms with Gasteiger partial charge >= 0.3 is 0 Å². The molecule has 3 nitrogen and oxygen atoms in total. The van der Waals surface area contributed by atoms with Crippen LogP contribution in [-0.2, 0) is 6.42 Å². The van der Waals surface area contributed by atoms with E-state index in [1.807, 2.05) is 18.2 Å². The van der Waals surface area contributed by atoms with Crippen LogP contribution >= 0.6 is 0 Å². The molecule has 0 saturated carbocycles. The van der Waals surface area contributed by atoms with Crippen LogP contribution < -0.4 is 5.32 Å². The highest BCUT2D eigenvalue weighted by molar-refractivity contribution is 5.31. The zero-order chi connectivity index (χ0) is 11.2. The van der Waals surface area contributed by atoms with Gasteiger partial charge in [-0.05, 0) is 24.1 Å². The number of anilines is 1. The molecule has 0 bridgehead atoms. The Balaban J connectivity index is 1.82. The second-order valence-electron chi connectivity index (χ2n) is 3.21. The highest BCUT2D eigenvalue weighted by Gasteiger charge is 1.93. The quantitative estimate of drug-likeness (QED) is 0.821. The van der Waals surface area contributed by atoms with Gasteiger partial charge in [-0.2, -0.15) is 5.10 Å². The number of aromatic nitrogens is 2. The van der Waals surface area contributed by atoms with E-state index >= 15 is 0 Å². The van der Waals surface area contributed by atoms with Gasteiger partial charge in [-0.15, -0.1) is 5.10 Å². The Morgan fingerprint density at radius 3 is 2.73 bits per heavy atom. The van der Waals surface area contributed by atoms with E-state index in [-0.39, 0.29) is 6.17 Å². The molecule has 3 heteroatoms. The lowest BCUT2D eigenvalue weighted by molar-refractivity contribution is 0.967. The van der Waals surface area contributed by atoms with Crippen LogP contribution in [0.3, 0.4) is 0 Å². The molecular weight excluding hydrogens is 186 g/mol. The molecular formula is C12H13N3. The minimum Gasteiger partial charge on any atom is -0.368 e. The van der Waals surface area contributed by atoms with Crippen LogP contribution in [0.15, 0.2) is 48.6 Å². The van der Waals surface area contributed by atoms with Crippen molar-refractivity contribution in [2.75, 3.05) is 11.9 Å². The first-order chi connectivity index (χ1) is 7.84. The summed E-state index contributed by atoms with van der Waals surface area (Å²) < 4.78 is 7.20. The maximum Gasteiger partial charge on any atom is 0.148 e. The summed E-state index contributed by atoms with van der Waals surface area (Å²) in [5, 5.41) is 10.7. The molecule has 0 aliphatic heterocycles. The molecule has 0 amide bonds. The zero-order valence-corrected chi connectivity index (χ0v) is 8.35. The third-order valence-electron chi connectivity index (χ3n) is 2.09. The highest BCUT2D eigenvalue weighted by atomic mass is 15.2. The molecule has 1 heterocycles. The van der Waals surface area contributed by atoms with E-state index in [1.165, 1.54) is 5.56 Å². The second-order valence-corrected chi connectivity index (χ2v) is 3.21. The predicted octanol–water partition coefficient (Wildman–Crippen LogP) is 2.13. The van der Waals surface area contributed by atoms with Crippen molar-refractivity contribution >= 4 is 5.82 Å². The SMILES string of the molecule is [2H]c1ccc(NCCc2ccccc2)nn1. The molecule has 1 aromatic heterocycles. The number of rotatable bonds is 4. The number of hydrogen-bond acceptors (Lipinski definition) is 3. The molecule has 2 aromatic rings. The molecule has 0 spiro atoms. The molecule has 1 N–H and O–H groups in total. The smallest absolute Gasteiger partial charge is 0.148 e. The van der Waals surface area contributed by atoms with Gasteiger partial charge in [0, 0.05) is 12.7 Å². The van der Waals surface area contributed by atoms with Crippen molar-refractivity contribution in [1.29, 1.82) is 0 Å². The fourth-order valence-electron chi connectivity index (χ4n) is 1.34. The van der Waals surface area contributed by atoms with E-state index in [0.717, 1.165) is 13.0 Å². The fraction of sp³-hybridized carbons (Fsp3) is 0.167. The first-order valence-electron chi connectivity index (χ1n) is 5.43. The van der Waals surface area contributed by atoms with Crippen LogP contribution in [0.25, 0.3) is 0 Å². The van der Waals surface area contributed by atoms with Crippen LogP contribution in [0.2, 0.25) is 0 Å². The monoisotopic (exact) mass is 200 g/mol. The molecule has 0 unspecified atom stereocenters. The third kappa shape index (κ3) is 3.06. The largest absolute Gasteiger partial charge is 0.368 e. The van der Waals surface area contributed by atoms with Gasteiger partial charge in [0.2, 0.25) is 0 Å². The molecule has 0 atom stereocenters. The van der Waals surface area contributed by atoms with E-state index in [4.69, 9.17) is 1.37 Å². The van der Waals surface area contributed by atoms with Crippen molar-refractivity contribution in [3.8, 4) is 0 Å². The molecule has 15 heavy (non-hydrogen) atoms. The molecule has 0 aliphatic rings. The number of nitrogens with one attached hydrogen (secondary N) is 1.